The Hall–Kier alpha value is -0.880. The number of aliphatic hydroxyl groups excluding tert-OH is 1. The fourth-order valence-electron chi connectivity index (χ4n) is 1.45. The van der Waals surface area contributed by atoms with Crippen LogP contribution in [0.2, 0.25) is 0 Å². The summed E-state index contributed by atoms with van der Waals surface area (Å²) in [6.45, 7) is 4.66. The lowest BCUT2D eigenvalue weighted by Gasteiger charge is -2.15. The van der Waals surface area contributed by atoms with Crippen molar-refractivity contribution in [2.75, 3.05) is 24.2 Å². The first-order valence-corrected chi connectivity index (χ1v) is 6.44. The van der Waals surface area contributed by atoms with E-state index >= 15 is 0 Å². The largest absolute Gasteiger partial charge is 0.391 e. The number of anilines is 2. The van der Waals surface area contributed by atoms with Crippen molar-refractivity contribution < 1.29 is 5.11 Å². The van der Waals surface area contributed by atoms with Crippen LogP contribution in [0.5, 0.6) is 0 Å². The smallest absolute Gasteiger partial charge is 0.224 e. The van der Waals surface area contributed by atoms with Gasteiger partial charge in [0.05, 0.1) is 10.6 Å². The van der Waals surface area contributed by atoms with Crippen molar-refractivity contribution in [1.29, 1.82) is 0 Å². The molecule has 0 aliphatic carbocycles. The standard InChI is InChI=1S/C11H19BrN4O/c1-7(2)4-8(17)5-14-10-9(12)6-15-11(13-3)16-10/h6-8,17H,4-5H2,1-3H3,(H2,13,14,15,16). The van der Waals surface area contributed by atoms with Gasteiger partial charge in [-0.25, -0.2) is 4.98 Å². The zero-order valence-electron chi connectivity index (χ0n) is 10.4. The lowest BCUT2D eigenvalue weighted by atomic mass is 10.1. The van der Waals surface area contributed by atoms with E-state index in [1.807, 2.05) is 0 Å². The minimum atomic E-state index is -0.366. The number of aromatic nitrogens is 2. The van der Waals surface area contributed by atoms with E-state index in [4.69, 9.17) is 0 Å². The van der Waals surface area contributed by atoms with E-state index in [0.717, 1.165) is 10.9 Å². The third-order valence-electron chi connectivity index (χ3n) is 2.22. The molecule has 5 nitrogen and oxygen atoms in total. The van der Waals surface area contributed by atoms with Crippen molar-refractivity contribution in [2.45, 2.75) is 26.4 Å². The third kappa shape index (κ3) is 4.87. The van der Waals surface area contributed by atoms with Crippen molar-refractivity contribution >= 4 is 27.7 Å². The molecule has 0 bridgehead atoms. The van der Waals surface area contributed by atoms with E-state index in [1.54, 1.807) is 13.2 Å². The molecule has 1 rings (SSSR count). The van der Waals surface area contributed by atoms with E-state index in [-0.39, 0.29) is 6.10 Å². The van der Waals surface area contributed by atoms with Crippen LogP contribution < -0.4 is 10.6 Å². The normalized spacial score (nSPS) is 12.6. The third-order valence-corrected chi connectivity index (χ3v) is 2.80. The summed E-state index contributed by atoms with van der Waals surface area (Å²) in [5.41, 5.74) is 0. The highest BCUT2D eigenvalue weighted by Gasteiger charge is 2.09. The number of halogens is 1. The minimum Gasteiger partial charge on any atom is -0.391 e. The fraction of sp³-hybridized carbons (Fsp3) is 0.636. The molecular formula is C11H19BrN4O. The van der Waals surface area contributed by atoms with Crippen molar-refractivity contribution in [1.82, 2.24) is 9.97 Å². The average Bonchev–Trinajstić information content (AvgIpc) is 2.27. The maximum Gasteiger partial charge on any atom is 0.224 e. The van der Waals surface area contributed by atoms with Gasteiger partial charge in [-0.05, 0) is 28.3 Å². The van der Waals surface area contributed by atoms with Crippen LogP contribution in [0.3, 0.4) is 0 Å². The van der Waals surface area contributed by atoms with Crippen molar-refractivity contribution in [3.05, 3.63) is 10.7 Å². The summed E-state index contributed by atoms with van der Waals surface area (Å²) >= 11 is 3.36. The van der Waals surface area contributed by atoms with Crippen LogP contribution in [-0.2, 0) is 0 Å². The predicted molar refractivity (Wildman–Crippen MR) is 73.2 cm³/mol. The Morgan fingerprint density at radius 2 is 2.18 bits per heavy atom. The fourth-order valence-corrected chi connectivity index (χ4v) is 1.78. The van der Waals surface area contributed by atoms with Crippen molar-refractivity contribution in [3.63, 3.8) is 0 Å². The summed E-state index contributed by atoms with van der Waals surface area (Å²) in [6, 6.07) is 0. The quantitative estimate of drug-likeness (QED) is 0.751. The molecule has 1 aromatic rings. The second-order valence-electron chi connectivity index (χ2n) is 4.30. The number of nitrogens with zero attached hydrogens (tertiary/aromatic N) is 2. The van der Waals surface area contributed by atoms with Gasteiger partial charge in [-0.15, -0.1) is 0 Å². The molecule has 0 spiro atoms. The predicted octanol–water partition coefficient (Wildman–Crippen LogP) is 2.10. The molecule has 0 aliphatic rings. The van der Waals surface area contributed by atoms with Crippen LogP contribution >= 0.6 is 15.9 Å². The molecule has 96 valence electrons. The lowest BCUT2D eigenvalue weighted by Crippen LogP contribution is -2.22. The first-order valence-electron chi connectivity index (χ1n) is 5.65. The van der Waals surface area contributed by atoms with Gasteiger partial charge in [-0.1, -0.05) is 13.8 Å². The van der Waals surface area contributed by atoms with Gasteiger partial charge in [-0.2, -0.15) is 4.98 Å². The molecule has 1 unspecified atom stereocenters. The highest BCUT2D eigenvalue weighted by Crippen LogP contribution is 2.20. The summed E-state index contributed by atoms with van der Waals surface area (Å²) in [5, 5.41) is 15.7. The molecule has 0 radical (unpaired) electrons. The molecule has 0 aromatic carbocycles. The highest BCUT2D eigenvalue weighted by molar-refractivity contribution is 9.10. The number of hydrogen-bond donors (Lipinski definition) is 3. The molecule has 0 aliphatic heterocycles. The van der Waals surface area contributed by atoms with Crippen LogP contribution in [0, 0.1) is 5.92 Å². The van der Waals surface area contributed by atoms with E-state index in [9.17, 15) is 5.11 Å². The molecule has 3 N–H and O–H groups in total. The summed E-state index contributed by atoms with van der Waals surface area (Å²) in [7, 11) is 1.76. The van der Waals surface area contributed by atoms with Gasteiger partial charge >= 0.3 is 0 Å². The molecule has 6 heteroatoms. The zero-order valence-corrected chi connectivity index (χ0v) is 12.0. The number of hydrogen-bond acceptors (Lipinski definition) is 5. The van der Waals surface area contributed by atoms with E-state index < -0.39 is 0 Å². The van der Waals surface area contributed by atoms with Crippen LogP contribution in [0.4, 0.5) is 11.8 Å². The first-order chi connectivity index (χ1) is 8.02. The lowest BCUT2D eigenvalue weighted by molar-refractivity contribution is 0.161. The second-order valence-corrected chi connectivity index (χ2v) is 5.16. The van der Waals surface area contributed by atoms with Crippen LogP contribution in [-0.4, -0.2) is 34.8 Å². The Bertz CT molecular complexity index is 359. The average molecular weight is 303 g/mol. The maximum absolute atomic E-state index is 9.76. The number of rotatable bonds is 6. The van der Waals surface area contributed by atoms with Gasteiger partial charge in [0.15, 0.2) is 0 Å². The number of nitrogens with one attached hydrogen (secondary N) is 2. The van der Waals surface area contributed by atoms with Gasteiger partial charge in [0.25, 0.3) is 0 Å². The summed E-state index contributed by atoms with van der Waals surface area (Å²) < 4.78 is 0.785. The SMILES string of the molecule is CNc1ncc(Br)c(NCC(O)CC(C)C)n1. The molecule has 0 saturated heterocycles. The van der Waals surface area contributed by atoms with E-state index in [0.29, 0.717) is 24.2 Å². The van der Waals surface area contributed by atoms with Gasteiger partial charge < -0.3 is 15.7 Å². The molecule has 1 aromatic heterocycles. The molecule has 1 heterocycles. The number of aliphatic hydroxyl groups is 1. The molecule has 0 saturated carbocycles. The van der Waals surface area contributed by atoms with Gasteiger partial charge in [0, 0.05) is 19.8 Å². The molecular weight excluding hydrogens is 284 g/mol. The topological polar surface area (TPSA) is 70.1 Å². The summed E-state index contributed by atoms with van der Waals surface area (Å²) in [5.74, 6) is 1.72. The monoisotopic (exact) mass is 302 g/mol. The molecule has 17 heavy (non-hydrogen) atoms. The van der Waals surface area contributed by atoms with E-state index in [1.165, 1.54) is 0 Å². The second kappa shape index (κ2) is 6.76. The molecule has 0 amide bonds. The minimum absolute atomic E-state index is 0.366. The summed E-state index contributed by atoms with van der Waals surface area (Å²) in [4.78, 5) is 8.31. The van der Waals surface area contributed by atoms with Crippen molar-refractivity contribution in [3.8, 4) is 0 Å². The Labute approximate surface area is 110 Å². The van der Waals surface area contributed by atoms with Gasteiger partial charge in [-0.3, -0.25) is 0 Å². The van der Waals surface area contributed by atoms with Crippen molar-refractivity contribution in [2.24, 2.45) is 5.92 Å². The van der Waals surface area contributed by atoms with E-state index in [2.05, 4.69) is 50.4 Å². The molecule has 0 fully saturated rings. The Balaban J connectivity index is 2.56. The highest BCUT2D eigenvalue weighted by atomic mass is 79.9. The summed E-state index contributed by atoms with van der Waals surface area (Å²) in [6.07, 6.45) is 2.08. The van der Waals surface area contributed by atoms with Gasteiger partial charge in [0.2, 0.25) is 5.95 Å². The Morgan fingerprint density at radius 3 is 2.76 bits per heavy atom. The first kappa shape index (κ1) is 14.2. The maximum atomic E-state index is 9.76. The van der Waals surface area contributed by atoms with Gasteiger partial charge in [0.1, 0.15) is 5.82 Å². The van der Waals surface area contributed by atoms with Crippen LogP contribution in [0.15, 0.2) is 10.7 Å². The Morgan fingerprint density at radius 1 is 1.47 bits per heavy atom. The zero-order chi connectivity index (χ0) is 12.8. The molecule has 1 atom stereocenters. The van der Waals surface area contributed by atoms with Crippen LogP contribution in [0.1, 0.15) is 20.3 Å². The van der Waals surface area contributed by atoms with Crippen LogP contribution in [0.25, 0.3) is 0 Å². The Kier molecular flexibility index (Phi) is 5.64.